The summed E-state index contributed by atoms with van der Waals surface area (Å²) < 4.78 is 52.8. The molecule has 0 aliphatic rings. The van der Waals surface area contributed by atoms with Crippen molar-refractivity contribution in [1.82, 2.24) is 4.98 Å². The Labute approximate surface area is 212 Å². The molecular formula is C26H20F3NO6S. The third kappa shape index (κ3) is 7.37. The smallest absolute Gasteiger partial charge is 0.494 e. The maximum Gasteiger partial charge on any atom is 0.573 e. The van der Waals surface area contributed by atoms with Crippen molar-refractivity contribution < 1.29 is 37.3 Å². The van der Waals surface area contributed by atoms with E-state index in [2.05, 4.69) is 9.72 Å². The van der Waals surface area contributed by atoms with E-state index < -0.39 is 24.2 Å². The van der Waals surface area contributed by atoms with Crippen molar-refractivity contribution in [2.24, 2.45) is 0 Å². The topological polar surface area (TPSA) is 97.9 Å². The first-order chi connectivity index (χ1) is 17.7. The van der Waals surface area contributed by atoms with Crippen molar-refractivity contribution in [3.63, 3.8) is 0 Å². The molecule has 1 unspecified atom stereocenters. The molecule has 0 radical (unpaired) electrons. The zero-order valence-corrected chi connectivity index (χ0v) is 19.8. The van der Waals surface area contributed by atoms with Gasteiger partial charge in [0, 0.05) is 6.42 Å². The molecule has 192 valence electrons. The van der Waals surface area contributed by atoms with E-state index in [1.54, 1.807) is 54.6 Å². The number of carbonyl (C=O) groups excluding carboxylic acids is 1. The van der Waals surface area contributed by atoms with Gasteiger partial charge in [-0.15, -0.1) is 13.2 Å². The van der Waals surface area contributed by atoms with E-state index in [0.717, 1.165) is 29.0 Å². The van der Waals surface area contributed by atoms with E-state index in [-0.39, 0.29) is 17.4 Å². The van der Waals surface area contributed by atoms with E-state index in [1.807, 2.05) is 0 Å². The van der Waals surface area contributed by atoms with Crippen LogP contribution in [0.5, 0.6) is 17.4 Å². The van der Waals surface area contributed by atoms with Crippen molar-refractivity contribution in [2.75, 3.05) is 6.61 Å². The van der Waals surface area contributed by atoms with Crippen LogP contribution >= 0.6 is 11.3 Å². The van der Waals surface area contributed by atoms with Gasteiger partial charge in [-0.2, -0.15) is 0 Å². The molecule has 0 saturated heterocycles. The van der Waals surface area contributed by atoms with Gasteiger partial charge in [0.1, 0.15) is 18.1 Å². The lowest BCUT2D eigenvalue weighted by Gasteiger charge is -2.20. The molecule has 4 rings (SSSR count). The molecule has 0 aliphatic heterocycles. The van der Waals surface area contributed by atoms with Gasteiger partial charge in [0.25, 0.3) is 0 Å². The molecule has 37 heavy (non-hydrogen) atoms. The molecule has 0 bridgehead atoms. The minimum absolute atomic E-state index is 0.113. The second-order valence-electron chi connectivity index (χ2n) is 7.79. The van der Waals surface area contributed by atoms with Crippen LogP contribution < -0.4 is 14.3 Å². The van der Waals surface area contributed by atoms with Crippen LogP contribution in [-0.4, -0.2) is 29.0 Å². The Kier molecular flexibility index (Phi) is 7.83. The van der Waals surface area contributed by atoms with Gasteiger partial charge < -0.3 is 19.3 Å². The average molecular weight is 532 g/mol. The van der Waals surface area contributed by atoms with E-state index in [0.29, 0.717) is 28.2 Å². The van der Waals surface area contributed by atoms with Gasteiger partial charge in [0.15, 0.2) is 6.10 Å². The Morgan fingerprint density at radius 1 is 0.946 bits per heavy atom. The third-order valence-electron chi connectivity index (χ3n) is 5.13. The summed E-state index contributed by atoms with van der Waals surface area (Å²) in [6.45, 7) is -0.113. The molecule has 0 saturated carbocycles. The van der Waals surface area contributed by atoms with Gasteiger partial charge >= 0.3 is 17.2 Å². The SMILES string of the molecule is O=C(OC(COc1ccc(Cc2sc(=O)[nH]c2O)cc1)c1ccc(OC(F)(F)F)cc1)c1ccccc1. The molecule has 1 heterocycles. The number of H-pyrrole nitrogens is 1. The predicted octanol–water partition coefficient (Wildman–Crippen LogP) is 5.61. The highest BCUT2D eigenvalue weighted by molar-refractivity contribution is 7.09. The number of hydrogen-bond acceptors (Lipinski definition) is 7. The quantitative estimate of drug-likeness (QED) is 0.273. The van der Waals surface area contributed by atoms with Crippen molar-refractivity contribution in [1.29, 1.82) is 0 Å². The molecule has 1 atom stereocenters. The van der Waals surface area contributed by atoms with Gasteiger partial charge in [0.2, 0.25) is 5.88 Å². The minimum atomic E-state index is -4.83. The van der Waals surface area contributed by atoms with Crippen LogP contribution in [0.4, 0.5) is 13.2 Å². The summed E-state index contributed by atoms with van der Waals surface area (Å²) in [5.41, 5.74) is 1.54. The summed E-state index contributed by atoms with van der Waals surface area (Å²) in [5.74, 6) is -0.733. The summed E-state index contributed by atoms with van der Waals surface area (Å²) >= 11 is 0.921. The summed E-state index contributed by atoms with van der Waals surface area (Å²) in [7, 11) is 0. The number of aromatic hydroxyl groups is 1. The van der Waals surface area contributed by atoms with Gasteiger partial charge in [-0.25, -0.2) is 4.79 Å². The fraction of sp³-hybridized carbons (Fsp3) is 0.154. The lowest BCUT2D eigenvalue weighted by Crippen LogP contribution is -2.19. The van der Waals surface area contributed by atoms with Crippen LogP contribution in [-0.2, 0) is 11.2 Å². The second-order valence-corrected chi connectivity index (χ2v) is 8.86. The first kappa shape index (κ1) is 25.8. The summed E-state index contributed by atoms with van der Waals surface area (Å²) in [4.78, 5) is 26.5. The van der Waals surface area contributed by atoms with Crippen LogP contribution in [0, 0.1) is 0 Å². The number of carbonyl (C=O) groups is 1. The highest BCUT2D eigenvalue weighted by atomic mass is 32.1. The first-order valence-electron chi connectivity index (χ1n) is 10.9. The fourth-order valence-corrected chi connectivity index (χ4v) is 4.14. The fourth-order valence-electron chi connectivity index (χ4n) is 3.39. The zero-order valence-electron chi connectivity index (χ0n) is 19.0. The van der Waals surface area contributed by atoms with Crippen LogP contribution in [0.1, 0.15) is 32.5 Å². The van der Waals surface area contributed by atoms with Crippen molar-refractivity contribution in [2.45, 2.75) is 18.9 Å². The number of aromatic nitrogens is 1. The number of thiazole rings is 1. The number of ether oxygens (including phenoxy) is 3. The number of hydrogen-bond donors (Lipinski definition) is 2. The second kappa shape index (κ2) is 11.2. The van der Waals surface area contributed by atoms with Gasteiger partial charge in [0.05, 0.1) is 10.4 Å². The highest BCUT2D eigenvalue weighted by Crippen LogP contribution is 2.27. The molecule has 11 heteroatoms. The Balaban J connectivity index is 1.46. The highest BCUT2D eigenvalue weighted by Gasteiger charge is 2.31. The number of aromatic amines is 1. The molecule has 2 N–H and O–H groups in total. The maximum absolute atomic E-state index is 12.6. The van der Waals surface area contributed by atoms with E-state index in [1.165, 1.54) is 12.1 Å². The molecule has 0 spiro atoms. The first-order valence-corrected chi connectivity index (χ1v) is 11.7. The lowest BCUT2D eigenvalue weighted by molar-refractivity contribution is -0.274. The Morgan fingerprint density at radius 2 is 1.59 bits per heavy atom. The minimum Gasteiger partial charge on any atom is -0.494 e. The van der Waals surface area contributed by atoms with Crippen molar-refractivity contribution in [3.8, 4) is 17.4 Å². The Bertz CT molecular complexity index is 1380. The Morgan fingerprint density at radius 3 is 2.19 bits per heavy atom. The molecule has 7 nitrogen and oxygen atoms in total. The molecule has 0 amide bonds. The number of esters is 1. The number of alkyl halides is 3. The van der Waals surface area contributed by atoms with E-state index >= 15 is 0 Å². The maximum atomic E-state index is 12.6. The van der Waals surface area contributed by atoms with Gasteiger partial charge in [-0.05, 0) is 47.5 Å². The lowest BCUT2D eigenvalue weighted by atomic mass is 10.1. The third-order valence-corrected chi connectivity index (χ3v) is 6.01. The number of nitrogens with one attached hydrogen (secondary N) is 1. The summed E-state index contributed by atoms with van der Waals surface area (Å²) in [5, 5.41) is 9.75. The zero-order chi connectivity index (χ0) is 26.4. The summed E-state index contributed by atoms with van der Waals surface area (Å²) in [6, 6.07) is 20.1. The molecular weight excluding hydrogens is 511 g/mol. The molecule has 4 aromatic rings. The molecule has 0 aliphatic carbocycles. The number of rotatable bonds is 9. The van der Waals surface area contributed by atoms with E-state index in [4.69, 9.17) is 9.47 Å². The molecule has 1 aromatic heterocycles. The van der Waals surface area contributed by atoms with Gasteiger partial charge in [-0.1, -0.05) is 53.8 Å². The molecule has 3 aromatic carbocycles. The summed E-state index contributed by atoms with van der Waals surface area (Å²) in [6.07, 6.45) is -5.41. The average Bonchev–Trinajstić information content (AvgIpc) is 3.18. The molecule has 0 fully saturated rings. The van der Waals surface area contributed by atoms with Crippen LogP contribution in [0.2, 0.25) is 0 Å². The van der Waals surface area contributed by atoms with Crippen LogP contribution in [0.25, 0.3) is 0 Å². The number of benzene rings is 3. The monoisotopic (exact) mass is 531 g/mol. The van der Waals surface area contributed by atoms with Crippen LogP contribution in [0.3, 0.4) is 0 Å². The largest absolute Gasteiger partial charge is 0.573 e. The number of halogens is 3. The van der Waals surface area contributed by atoms with Crippen molar-refractivity contribution in [3.05, 3.63) is 110 Å². The van der Waals surface area contributed by atoms with Crippen LogP contribution in [0.15, 0.2) is 83.7 Å². The normalized spacial score (nSPS) is 12.1. The van der Waals surface area contributed by atoms with Gasteiger partial charge in [-0.3, -0.25) is 9.78 Å². The van der Waals surface area contributed by atoms with E-state index in [9.17, 15) is 27.9 Å². The predicted molar refractivity (Wildman–Crippen MR) is 129 cm³/mol. The standard InChI is InChI=1S/C26H20F3NO6S/c27-26(28,29)36-20-12-8-17(9-13-20)21(35-24(32)18-4-2-1-3-5-18)15-34-19-10-6-16(7-11-19)14-22-23(31)30-25(33)37-22/h1-13,21,31H,14-15H2,(H,30,33). The Hall–Kier alpha value is -4.25. The van der Waals surface area contributed by atoms with Crippen molar-refractivity contribution >= 4 is 17.3 Å².